The van der Waals surface area contributed by atoms with Gasteiger partial charge in [0.05, 0.1) is 13.6 Å². The Balaban J connectivity index is 2.11. The lowest BCUT2D eigenvalue weighted by atomic mass is 10.0. The summed E-state index contributed by atoms with van der Waals surface area (Å²) in [6, 6.07) is 6.22. The molecule has 1 unspecified atom stereocenters. The Bertz CT molecular complexity index is 422. The van der Waals surface area contributed by atoms with E-state index in [4.69, 9.17) is 0 Å². The van der Waals surface area contributed by atoms with E-state index in [-0.39, 0.29) is 11.9 Å². The van der Waals surface area contributed by atoms with Gasteiger partial charge in [-0.3, -0.25) is 4.79 Å². The molecule has 3 nitrogen and oxygen atoms in total. The fourth-order valence-electron chi connectivity index (χ4n) is 2.75. The highest BCUT2D eigenvalue weighted by atomic mass is 16.2. The van der Waals surface area contributed by atoms with Gasteiger partial charge in [-0.15, -0.1) is 0 Å². The molecule has 1 amide bonds. The number of para-hydroxylation sites is 1. The Labute approximate surface area is 109 Å². The number of benzene rings is 1. The Morgan fingerprint density at radius 1 is 1.28 bits per heavy atom. The molecule has 0 saturated carbocycles. The Morgan fingerprint density at radius 3 is 2.56 bits per heavy atom. The van der Waals surface area contributed by atoms with Crippen LogP contribution in [0.5, 0.6) is 0 Å². The number of hydrogen-bond acceptors (Lipinski definition) is 1. The number of aryl methyl sites for hydroxylation is 2. The SMILES string of the molecule is Cc1cccc(C)c1NC(=O)[C@@H]1CCCC[NH+]1C. The summed E-state index contributed by atoms with van der Waals surface area (Å²) in [4.78, 5) is 13.7. The number of rotatable bonds is 2. The summed E-state index contributed by atoms with van der Waals surface area (Å²) in [5, 5.41) is 3.12. The molecule has 2 atom stereocenters. The molecular formula is C15H23N2O+. The van der Waals surface area contributed by atoms with Crippen molar-refractivity contribution in [3.63, 3.8) is 0 Å². The summed E-state index contributed by atoms with van der Waals surface area (Å²) in [6.07, 6.45) is 3.41. The van der Waals surface area contributed by atoms with Crippen LogP contribution in [0.3, 0.4) is 0 Å². The quantitative estimate of drug-likeness (QED) is 0.812. The Hall–Kier alpha value is -1.35. The van der Waals surface area contributed by atoms with Crippen molar-refractivity contribution in [1.82, 2.24) is 0 Å². The van der Waals surface area contributed by atoms with Crippen LogP contribution in [-0.4, -0.2) is 25.5 Å². The molecule has 1 fully saturated rings. The lowest BCUT2D eigenvalue weighted by Crippen LogP contribution is -3.15. The first-order valence-corrected chi connectivity index (χ1v) is 6.79. The molecule has 1 aromatic carbocycles. The molecule has 98 valence electrons. The molecule has 1 aromatic rings. The molecule has 1 saturated heterocycles. The molecule has 1 aliphatic heterocycles. The summed E-state index contributed by atoms with van der Waals surface area (Å²) in [5.74, 6) is 0.171. The minimum Gasteiger partial charge on any atom is -0.327 e. The minimum absolute atomic E-state index is 0.109. The number of likely N-dealkylation sites (tertiary alicyclic amines) is 1. The van der Waals surface area contributed by atoms with E-state index < -0.39 is 0 Å². The third-order valence-electron chi connectivity index (χ3n) is 3.95. The number of quaternary nitrogens is 1. The van der Waals surface area contributed by atoms with Crippen molar-refractivity contribution in [1.29, 1.82) is 0 Å². The molecule has 2 N–H and O–H groups in total. The summed E-state index contributed by atoms with van der Waals surface area (Å²) in [6.45, 7) is 5.19. The molecule has 0 spiro atoms. The van der Waals surface area contributed by atoms with Gasteiger partial charge in [0.1, 0.15) is 0 Å². The van der Waals surface area contributed by atoms with E-state index in [9.17, 15) is 4.79 Å². The predicted octanol–water partition coefficient (Wildman–Crippen LogP) is 1.31. The van der Waals surface area contributed by atoms with E-state index in [0.29, 0.717) is 0 Å². The van der Waals surface area contributed by atoms with Crippen molar-refractivity contribution in [2.75, 3.05) is 18.9 Å². The van der Waals surface area contributed by atoms with E-state index in [1.165, 1.54) is 17.7 Å². The molecular weight excluding hydrogens is 224 g/mol. The van der Waals surface area contributed by atoms with Crippen LogP contribution >= 0.6 is 0 Å². The number of carbonyl (C=O) groups is 1. The maximum atomic E-state index is 12.4. The fraction of sp³-hybridized carbons (Fsp3) is 0.533. The van der Waals surface area contributed by atoms with Crippen LogP contribution in [0, 0.1) is 13.8 Å². The molecule has 0 radical (unpaired) electrons. The summed E-state index contributed by atoms with van der Waals surface area (Å²) in [7, 11) is 2.12. The zero-order valence-corrected chi connectivity index (χ0v) is 11.5. The summed E-state index contributed by atoms with van der Waals surface area (Å²) in [5.41, 5.74) is 3.26. The van der Waals surface area contributed by atoms with E-state index in [2.05, 4.69) is 12.4 Å². The zero-order valence-electron chi connectivity index (χ0n) is 11.5. The molecule has 2 rings (SSSR count). The van der Waals surface area contributed by atoms with Crippen molar-refractivity contribution in [2.45, 2.75) is 39.2 Å². The molecule has 1 aliphatic rings. The monoisotopic (exact) mass is 247 g/mol. The number of carbonyl (C=O) groups excluding carboxylic acids is 1. The van der Waals surface area contributed by atoms with Crippen molar-refractivity contribution < 1.29 is 9.69 Å². The van der Waals surface area contributed by atoms with Gasteiger partial charge in [0.2, 0.25) is 0 Å². The zero-order chi connectivity index (χ0) is 13.1. The Kier molecular flexibility index (Phi) is 4.02. The van der Waals surface area contributed by atoms with Gasteiger partial charge in [-0.2, -0.15) is 0 Å². The number of piperidine rings is 1. The second kappa shape index (κ2) is 5.53. The highest BCUT2D eigenvalue weighted by molar-refractivity contribution is 5.95. The predicted molar refractivity (Wildman–Crippen MR) is 73.9 cm³/mol. The van der Waals surface area contributed by atoms with Gasteiger partial charge < -0.3 is 10.2 Å². The topological polar surface area (TPSA) is 33.5 Å². The van der Waals surface area contributed by atoms with Crippen LogP contribution in [0.2, 0.25) is 0 Å². The smallest absolute Gasteiger partial charge is 0.282 e. The average Bonchev–Trinajstić information content (AvgIpc) is 2.34. The summed E-state index contributed by atoms with van der Waals surface area (Å²) >= 11 is 0. The van der Waals surface area contributed by atoms with Crippen LogP contribution in [0.1, 0.15) is 30.4 Å². The van der Waals surface area contributed by atoms with Gasteiger partial charge >= 0.3 is 0 Å². The number of nitrogens with one attached hydrogen (secondary N) is 2. The lowest BCUT2D eigenvalue weighted by Gasteiger charge is -2.28. The number of likely N-dealkylation sites (N-methyl/N-ethyl adjacent to an activating group) is 1. The standard InChI is InChI=1S/C15H22N2O/c1-11-7-6-8-12(2)14(11)16-15(18)13-9-4-5-10-17(13)3/h6-8,13H,4-5,9-10H2,1-3H3,(H,16,18)/p+1/t13-/m0/s1. The van der Waals surface area contributed by atoms with Gasteiger partial charge in [-0.25, -0.2) is 0 Å². The van der Waals surface area contributed by atoms with Crippen molar-refractivity contribution in [2.24, 2.45) is 0 Å². The van der Waals surface area contributed by atoms with Crippen LogP contribution in [0.25, 0.3) is 0 Å². The van der Waals surface area contributed by atoms with Crippen LogP contribution in [-0.2, 0) is 4.79 Å². The molecule has 0 aliphatic carbocycles. The van der Waals surface area contributed by atoms with E-state index in [0.717, 1.165) is 29.8 Å². The molecule has 0 bridgehead atoms. The van der Waals surface area contributed by atoms with Gasteiger partial charge in [0, 0.05) is 12.1 Å². The second-order valence-corrected chi connectivity index (χ2v) is 5.40. The summed E-state index contributed by atoms with van der Waals surface area (Å²) < 4.78 is 0. The van der Waals surface area contributed by atoms with Crippen LogP contribution < -0.4 is 10.2 Å². The molecule has 3 heteroatoms. The Morgan fingerprint density at radius 2 is 1.94 bits per heavy atom. The number of anilines is 1. The maximum Gasteiger partial charge on any atom is 0.282 e. The molecule has 18 heavy (non-hydrogen) atoms. The highest BCUT2D eigenvalue weighted by Crippen LogP contribution is 2.19. The van der Waals surface area contributed by atoms with Crippen molar-refractivity contribution >= 4 is 11.6 Å². The van der Waals surface area contributed by atoms with Gasteiger partial charge in [0.15, 0.2) is 6.04 Å². The maximum absolute atomic E-state index is 12.4. The average molecular weight is 247 g/mol. The van der Waals surface area contributed by atoms with E-state index >= 15 is 0 Å². The molecule has 1 heterocycles. The van der Waals surface area contributed by atoms with E-state index in [1.54, 1.807) is 0 Å². The first kappa shape index (κ1) is 13.1. The van der Waals surface area contributed by atoms with Gasteiger partial charge in [-0.1, -0.05) is 18.2 Å². The fourth-order valence-corrected chi connectivity index (χ4v) is 2.75. The highest BCUT2D eigenvalue weighted by Gasteiger charge is 2.29. The first-order chi connectivity index (χ1) is 8.59. The number of hydrogen-bond donors (Lipinski definition) is 2. The normalized spacial score (nSPS) is 23.7. The second-order valence-electron chi connectivity index (χ2n) is 5.40. The third kappa shape index (κ3) is 2.72. The third-order valence-corrected chi connectivity index (χ3v) is 3.95. The van der Waals surface area contributed by atoms with Crippen molar-refractivity contribution in [3.05, 3.63) is 29.3 Å². The van der Waals surface area contributed by atoms with Gasteiger partial charge in [0.25, 0.3) is 5.91 Å². The minimum atomic E-state index is 0.109. The first-order valence-electron chi connectivity index (χ1n) is 6.79. The largest absolute Gasteiger partial charge is 0.327 e. The van der Waals surface area contributed by atoms with Crippen molar-refractivity contribution in [3.8, 4) is 0 Å². The van der Waals surface area contributed by atoms with Crippen LogP contribution in [0.15, 0.2) is 18.2 Å². The number of amides is 1. The van der Waals surface area contributed by atoms with Gasteiger partial charge in [-0.05, 0) is 37.8 Å². The molecule has 0 aromatic heterocycles. The van der Waals surface area contributed by atoms with Crippen LogP contribution in [0.4, 0.5) is 5.69 Å². The lowest BCUT2D eigenvalue weighted by molar-refractivity contribution is -0.901. The van der Waals surface area contributed by atoms with E-state index in [1.807, 2.05) is 32.0 Å².